The zero-order valence-electron chi connectivity index (χ0n) is 26.2. The summed E-state index contributed by atoms with van der Waals surface area (Å²) < 4.78 is 4.90. The highest BCUT2D eigenvalue weighted by molar-refractivity contribution is 6.19. The zero-order chi connectivity index (χ0) is 31.6. The first-order chi connectivity index (χ1) is 23.8. The number of nitrogens with zero attached hydrogens (tertiary/aromatic N) is 2. The number of benzene rings is 8. The molecule has 2 nitrogen and oxygen atoms in total. The van der Waals surface area contributed by atoms with E-state index < -0.39 is 0 Å². The van der Waals surface area contributed by atoms with E-state index in [4.69, 9.17) is 0 Å². The van der Waals surface area contributed by atoms with Crippen molar-refractivity contribution in [3.63, 3.8) is 0 Å². The van der Waals surface area contributed by atoms with Crippen molar-refractivity contribution in [3.05, 3.63) is 182 Å². The van der Waals surface area contributed by atoms with Crippen molar-refractivity contribution in [2.75, 3.05) is 0 Å². The molecule has 8 aromatic carbocycles. The zero-order valence-corrected chi connectivity index (χ0v) is 26.2. The Morgan fingerprint density at radius 1 is 0.271 bits per heavy atom. The van der Waals surface area contributed by atoms with Crippen LogP contribution in [-0.2, 0) is 0 Å². The third-order valence-electron chi connectivity index (χ3n) is 9.87. The summed E-state index contributed by atoms with van der Waals surface area (Å²) in [5.74, 6) is 0. The minimum absolute atomic E-state index is 1.15. The molecular weight excluding hydrogens is 581 g/mol. The van der Waals surface area contributed by atoms with E-state index >= 15 is 0 Å². The van der Waals surface area contributed by atoms with E-state index in [0.29, 0.717) is 0 Å². The lowest BCUT2D eigenvalue weighted by molar-refractivity contribution is 1.17. The molecule has 0 radical (unpaired) electrons. The molecule has 0 saturated heterocycles. The summed E-state index contributed by atoms with van der Waals surface area (Å²) >= 11 is 0. The quantitative estimate of drug-likeness (QED) is 0.188. The van der Waals surface area contributed by atoms with E-state index in [1.165, 1.54) is 76.6 Å². The second-order valence-corrected chi connectivity index (χ2v) is 12.6. The summed E-state index contributed by atoms with van der Waals surface area (Å²) in [5.41, 5.74) is 12.0. The molecule has 2 aromatic heterocycles. The summed E-state index contributed by atoms with van der Waals surface area (Å²) in [7, 11) is 0. The van der Waals surface area contributed by atoms with Crippen LogP contribution in [0.4, 0.5) is 0 Å². The smallest absolute Gasteiger partial charge is 0.0562 e. The van der Waals surface area contributed by atoms with Crippen molar-refractivity contribution < 1.29 is 0 Å². The van der Waals surface area contributed by atoms with Crippen LogP contribution in [0, 0.1) is 0 Å². The summed E-state index contributed by atoms with van der Waals surface area (Å²) in [5, 5.41) is 7.52. The highest BCUT2D eigenvalue weighted by Gasteiger charge is 2.19. The maximum absolute atomic E-state index is 2.46. The third kappa shape index (κ3) is 4.06. The highest BCUT2D eigenvalue weighted by atomic mass is 15.0. The van der Waals surface area contributed by atoms with Crippen molar-refractivity contribution in [2.45, 2.75) is 0 Å². The van der Waals surface area contributed by atoms with Gasteiger partial charge in [0.25, 0.3) is 0 Å². The molecule has 2 heteroatoms. The van der Waals surface area contributed by atoms with Gasteiger partial charge < -0.3 is 9.13 Å². The molecule has 0 fully saturated rings. The number of hydrogen-bond acceptors (Lipinski definition) is 0. The van der Waals surface area contributed by atoms with E-state index in [9.17, 15) is 0 Å². The molecule has 0 aliphatic heterocycles. The molecule has 0 N–H and O–H groups in total. The molecule has 224 valence electrons. The maximum Gasteiger partial charge on any atom is 0.0562 e. The molecule has 2 heterocycles. The van der Waals surface area contributed by atoms with Crippen LogP contribution in [0.5, 0.6) is 0 Å². The molecule has 0 amide bonds. The van der Waals surface area contributed by atoms with Gasteiger partial charge in [0.1, 0.15) is 0 Å². The Morgan fingerprint density at radius 3 is 1.50 bits per heavy atom. The lowest BCUT2D eigenvalue weighted by atomic mass is 9.97. The van der Waals surface area contributed by atoms with E-state index in [2.05, 4.69) is 191 Å². The molecule has 10 rings (SSSR count). The van der Waals surface area contributed by atoms with E-state index in [1.54, 1.807) is 0 Å². The van der Waals surface area contributed by atoms with Crippen LogP contribution in [0.1, 0.15) is 0 Å². The van der Waals surface area contributed by atoms with Crippen LogP contribution in [0.2, 0.25) is 0 Å². The number of hydrogen-bond donors (Lipinski definition) is 0. The molecule has 0 unspecified atom stereocenters. The summed E-state index contributed by atoms with van der Waals surface area (Å²) in [6.45, 7) is 0. The monoisotopic (exact) mass is 610 g/mol. The topological polar surface area (TPSA) is 9.86 Å². The molecule has 0 atom stereocenters. The minimum atomic E-state index is 1.15. The van der Waals surface area contributed by atoms with Gasteiger partial charge in [0.15, 0.2) is 0 Å². The molecule has 0 saturated carbocycles. The van der Waals surface area contributed by atoms with E-state index in [0.717, 1.165) is 11.4 Å². The fraction of sp³-hybridized carbons (Fsp3) is 0. The normalized spacial score (nSPS) is 11.8. The van der Waals surface area contributed by atoms with Crippen LogP contribution in [0.15, 0.2) is 182 Å². The van der Waals surface area contributed by atoms with Gasteiger partial charge in [-0.1, -0.05) is 133 Å². The first kappa shape index (κ1) is 26.8. The van der Waals surface area contributed by atoms with Crippen LogP contribution >= 0.6 is 0 Å². The minimum Gasteiger partial charge on any atom is -0.309 e. The number of aromatic nitrogens is 2. The molecule has 0 aliphatic carbocycles. The second kappa shape index (κ2) is 10.6. The summed E-state index contributed by atoms with van der Waals surface area (Å²) in [6.07, 6.45) is 0. The lowest BCUT2D eigenvalue weighted by Gasteiger charge is -2.14. The lowest BCUT2D eigenvalue weighted by Crippen LogP contribution is -1.97. The maximum atomic E-state index is 2.46. The fourth-order valence-corrected chi connectivity index (χ4v) is 7.72. The van der Waals surface area contributed by atoms with Gasteiger partial charge >= 0.3 is 0 Å². The van der Waals surface area contributed by atoms with Gasteiger partial charge in [-0.3, -0.25) is 0 Å². The average Bonchev–Trinajstić information content (AvgIpc) is 3.66. The highest BCUT2D eigenvalue weighted by Crippen LogP contribution is 2.41. The number of para-hydroxylation sites is 2. The molecular formula is C46H30N2. The summed E-state index contributed by atoms with van der Waals surface area (Å²) in [6, 6.07) is 66.2. The predicted molar refractivity (Wildman–Crippen MR) is 203 cm³/mol. The largest absolute Gasteiger partial charge is 0.309 e. The van der Waals surface area contributed by atoms with Crippen LogP contribution < -0.4 is 0 Å². The van der Waals surface area contributed by atoms with Crippen LogP contribution in [0.3, 0.4) is 0 Å². The molecule has 10 aromatic rings. The van der Waals surface area contributed by atoms with Gasteiger partial charge in [-0.05, 0) is 81.6 Å². The third-order valence-corrected chi connectivity index (χ3v) is 9.87. The van der Waals surface area contributed by atoms with E-state index in [-0.39, 0.29) is 0 Å². The Bertz CT molecular complexity index is 2820. The Hall–Kier alpha value is -6.38. The van der Waals surface area contributed by atoms with Crippen molar-refractivity contribution in [3.8, 4) is 33.6 Å². The predicted octanol–water partition coefficient (Wildman–Crippen LogP) is 12.4. The number of fused-ring (bicyclic) bond motifs is 7. The van der Waals surface area contributed by atoms with E-state index in [1.807, 2.05) is 0 Å². The Labute approximate surface area is 278 Å². The molecule has 0 spiro atoms. The van der Waals surface area contributed by atoms with Crippen molar-refractivity contribution in [1.82, 2.24) is 9.13 Å². The molecule has 0 aliphatic rings. The second-order valence-electron chi connectivity index (χ2n) is 12.6. The molecule has 48 heavy (non-hydrogen) atoms. The molecule has 0 bridgehead atoms. The average molecular weight is 611 g/mol. The van der Waals surface area contributed by atoms with Gasteiger partial charge in [-0.2, -0.15) is 0 Å². The van der Waals surface area contributed by atoms with Gasteiger partial charge in [0.05, 0.1) is 22.1 Å². The van der Waals surface area contributed by atoms with Gasteiger partial charge in [0.2, 0.25) is 0 Å². The number of rotatable bonds is 4. The van der Waals surface area contributed by atoms with Gasteiger partial charge in [-0.15, -0.1) is 0 Å². The van der Waals surface area contributed by atoms with Gasteiger partial charge in [-0.25, -0.2) is 0 Å². The SMILES string of the molecule is c1ccc(-c2cccc(-n3c4ccccc4c4cc5c6ccccc6n(-c6cc(-c7ccccc7)c7ccccc7c6)c5cc43)c2)cc1. The first-order valence-corrected chi connectivity index (χ1v) is 16.5. The van der Waals surface area contributed by atoms with Crippen molar-refractivity contribution in [1.29, 1.82) is 0 Å². The van der Waals surface area contributed by atoms with Gasteiger partial charge in [0, 0.05) is 32.9 Å². The van der Waals surface area contributed by atoms with Crippen molar-refractivity contribution in [2.24, 2.45) is 0 Å². The summed E-state index contributed by atoms with van der Waals surface area (Å²) in [4.78, 5) is 0. The standard InChI is InChI=1S/C46H30N2/c1-3-14-31(15-4-1)33-19-13-20-35(26-33)47-43-24-11-9-22-38(43)41-29-42-39-23-10-12-25-44(39)48(46(42)30-45(41)47)36-27-34-18-7-8-21-37(34)40(28-36)32-16-5-2-6-17-32/h1-30H. The van der Waals surface area contributed by atoms with Crippen LogP contribution in [0.25, 0.3) is 88.0 Å². The Balaban J connectivity index is 1.30. The van der Waals surface area contributed by atoms with Crippen molar-refractivity contribution >= 4 is 54.4 Å². The first-order valence-electron chi connectivity index (χ1n) is 16.5. The Kier molecular flexibility index (Phi) is 5.91. The Morgan fingerprint density at radius 2 is 0.812 bits per heavy atom. The van der Waals surface area contributed by atoms with Crippen LogP contribution in [-0.4, -0.2) is 9.13 Å². The fourth-order valence-electron chi connectivity index (χ4n) is 7.72.